The van der Waals surface area contributed by atoms with Crippen molar-refractivity contribution in [2.45, 2.75) is 32.0 Å². The van der Waals surface area contributed by atoms with Gasteiger partial charge in [0.1, 0.15) is 6.10 Å². The minimum Gasteiger partial charge on any atom is -0.459 e. The molecule has 116 valence electrons. The van der Waals surface area contributed by atoms with Crippen molar-refractivity contribution in [3.8, 4) is 0 Å². The summed E-state index contributed by atoms with van der Waals surface area (Å²) >= 11 is 0. The first kappa shape index (κ1) is 13.5. The Hall–Kier alpha value is -2.15. The molecule has 0 saturated carbocycles. The normalized spacial score (nSPS) is 27.9. The zero-order valence-corrected chi connectivity index (χ0v) is 12.3. The fourth-order valence-corrected chi connectivity index (χ4v) is 3.27. The highest BCUT2D eigenvalue weighted by molar-refractivity contribution is 5.91. The van der Waals surface area contributed by atoms with Crippen molar-refractivity contribution in [3.63, 3.8) is 0 Å². The predicted molar refractivity (Wildman–Crippen MR) is 74.0 cm³/mol. The lowest BCUT2D eigenvalue weighted by molar-refractivity contribution is -0.0143. The van der Waals surface area contributed by atoms with Crippen LogP contribution < -0.4 is 0 Å². The number of ether oxygens (including phenoxy) is 1. The van der Waals surface area contributed by atoms with Crippen LogP contribution in [0.5, 0.6) is 0 Å². The molecule has 2 aromatic rings. The monoisotopic (exact) mass is 303 g/mol. The molecule has 22 heavy (non-hydrogen) atoms. The summed E-state index contributed by atoms with van der Waals surface area (Å²) in [6.07, 6.45) is 3.16. The van der Waals surface area contributed by atoms with Crippen molar-refractivity contribution < 1.29 is 18.5 Å². The van der Waals surface area contributed by atoms with Gasteiger partial charge in [0.05, 0.1) is 12.4 Å². The van der Waals surface area contributed by atoms with Crippen molar-refractivity contribution in [1.29, 1.82) is 0 Å². The topological polar surface area (TPSA) is 81.6 Å². The highest BCUT2D eigenvalue weighted by atomic mass is 16.5. The zero-order chi connectivity index (χ0) is 15.1. The molecular weight excluding hydrogens is 286 g/mol. The second kappa shape index (κ2) is 5.24. The summed E-state index contributed by atoms with van der Waals surface area (Å²) in [4.78, 5) is 18.4. The lowest BCUT2D eigenvalue weighted by Crippen LogP contribution is -2.45. The van der Waals surface area contributed by atoms with E-state index in [-0.39, 0.29) is 18.1 Å². The van der Waals surface area contributed by atoms with Crippen molar-refractivity contribution >= 4 is 5.91 Å². The molecule has 2 aliphatic heterocycles. The van der Waals surface area contributed by atoms with E-state index in [0.29, 0.717) is 29.9 Å². The zero-order valence-electron chi connectivity index (χ0n) is 12.3. The van der Waals surface area contributed by atoms with Crippen LogP contribution in [-0.2, 0) is 4.74 Å². The Labute approximate surface area is 127 Å². The number of nitrogens with zero attached hydrogens (tertiary/aromatic N) is 3. The number of aromatic nitrogens is 2. The number of rotatable bonds is 2. The van der Waals surface area contributed by atoms with Gasteiger partial charge in [-0.3, -0.25) is 4.79 Å². The molecule has 0 bridgehead atoms. The van der Waals surface area contributed by atoms with Gasteiger partial charge >= 0.3 is 0 Å². The van der Waals surface area contributed by atoms with E-state index >= 15 is 0 Å². The van der Waals surface area contributed by atoms with Gasteiger partial charge in [0, 0.05) is 13.1 Å². The number of amides is 1. The lowest BCUT2D eigenvalue weighted by atomic mass is 9.91. The molecule has 2 aliphatic rings. The number of likely N-dealkylation sites (tertiary alicyclic amines) is 1. The van der Waals surface area contributed by atoms with Gasteiger partial charge in [0.15, 0.2) is 11.6 Å². The van der Waals surface area contributed by atoms with Gasteiger partial charge in [0.25, 0.3) is 11.8 Å². The van der Waals surface area contributed by atoms with E-state index in [1.807, 2.05) is 0 Å². The van der Waals surface area contributed by atoms with Crippen LogP contribution >= 0.6 is 0 Å². The third-order valence-corrected chi connectivity index (χ3v) is 4.39. The van der Waals surface area contributed by atoms with E-state index in [9.17, 15) is 4.79 Å². The molecule has 2 aromatic heterocycles. The fraction of sp³-hybridized carbons (Fsp3) is 0.533. The number of aryl methyl sites for hydroxylation is 1. The number of hydrogen-bond acceptors (Lipinski definition) is 6. The molecule has 7 nitrogen and oxygen atoms in total. The molecule has 1 amide bonds. The van der Waals surface area contributed by atoms with E-state index in [0.717, 1.165) is 19.4 Å². The second-order valence-corrected chi connectivity index (χ2v) is 5.86. The van der Waals surface area contributed by atoms with Crippen LogP contribution in [0.25, 0.3) is 0 Å². The third-order valence-electron chi connectivity index (χ3n) is 4.39. The van der Waals surface area contributed by atoms with Crippen LogP contribution in [0.3, 0.4) is 0 Å². The SMILES string of the molecule is Cc1noc([C@H]2C[C@@H]3CCN(C(=O)c4ccco4)C[C@H]3O2)n1. The number of furan rings is 1. The van der Waals surface area contributed by atoms with E-state index in [2.05, 4.69) is 10.1 Å². The first-order valence-corrected chi connectivity index (χ1v) is 7.49. The molecule has 2 fully saturated rings. The number of carbonyl (C=O) groups excluding carboxylic acids is 1. The average Bonchev–Trinajstić information content (AvgIpc) is 3.25. The van der Waals surface area contributed by atoms with Gasteiger partial charge in [-0.25, -0.2) is 0 Å². The summed E-state index contributed by atoms with van der Waals surface area (Å²) in [5.74, 6) is 1.88. The Bertz CT molecular complexity index is 666. The van der Waals surface area contributed by atoms with Crippen LogP contribution in [0.2, 0.25) is 0 Å². The van der Waals surface area contributed by atoms with Gasteiger partial charge in [0.2, 0.25) is 0 Å². The van der Waals surface area contributed by atoms with Crippen molar-refractivity contribution in [1.82, 2.24) is 15.0 Å². The molecule has 0 unspecified atom stereocenters. The van der Waals surface area contributed by atoms with Gasteiger partial charge < -0.3 is 18.6 Å². The maximum absolute atomic E-state index is 12.3. The number of fused-ring (bicyclic) bond motifs is 1. The van der Waals surface area contributed by atoms with E-state index in [1.165, 1.54) is 6.26 Å². The predicted octanol–water partition coefficient (Wildman–Crippen LogP) is 1.96. The standard InChI is InChI=1S/C15H17N3O4/c1-9-16-14(22-17-9)12-7-10-4-5-18(8-13(10)21-12)15(19)11-3-2-6-20-11/h2-3,6,10,12-13H,4-5,7-8H2,1H3/t10-,12+,13+/m0/s1. The van der Waals surface area contributed by atoms with E-state index < -0.39 is 0 Å². The molecule has 0 N–H and O–H groups in total. The van der Waals surface area contributed by atoms with Crippen LogP contribution in [0.4, 0.5) is 0 Å². The Morgan fingerprint density at radius 1 is 1.45 bits per heavy atom. The molecule has 3 atom stereocenters. The Kier molecular flexibility index (Phi) is 3.22. The third kappa shape index (κ3) is 2.31. The summed E-state index contributed by atoms with van der Waals surface area (Å²) in [5, 5.41) is 3.81. The van der Waals surface area contributed by atoms with E-state index in [4.69, 9.17) is 13.7 Å². The van der Waals surface area contributed by atoms with Gasteiger partial charge in [-0.2, -0.15) is 4.98 Å². The molecular formula is C15H17N3O4. The maximum Gasteiger partial charge on any atom is 0.289 e. The first-order chi connectivity index (χ1) is 10.7. The summed E-state index contributed by atoms with van der Waals surface area (Å²) in [5.41, 5.74) is 0. The fourth-order valence-electron chi connectivity index (χ4n) is 3.27. The number of hydrogen-bond donors (Lipinski definition) is 0. The van der Waals surface area contributed by atoms with Crippen LogP contribution in [0.1, 0.15) is 41.2 Å². The summed E-state index contributed by atoms with van der Waals surface area (Å²) in [6, 6.07) is 3.41. The van der Waals surface area contributed by atoms with E-state index in [1.54, 1.807) is 24.0 Å². The van der Waals surface area contributed by atoms with Gasteiger partial charge in [-0.15, -0.1) is 0 Å². The Morgan fingerprint density at radius 3 is 3.09 bits per heavy atom. The maximum atomic E-state index is 12.3. The molecule has 0 spiro atoms. The van der Waals surface area contributed by atoms with Crippen molar-refractivity contribution in [2.75, 3.05) is 13.1 Å². The molecule has 0 aliphatic carbocycles. The van der Waals surface area contributed by atoms with Crippen LogP contribution in [-0.4, -0.2) is 40.1 Å². The van der Waals surface area contributed by atoms with Gasteiger partial charge in [-0.1, -0.05) is 5.16 Å². The molecule has 0 radical (unpaired) electrons. The minimum absolute atomic E-state index is 0.0184. The van der Waals surface area contributed by atoms with Crippen LogP contribution in [0, 0.1) is 12.8 Å². The molecule has 4 rings (SSSR count). The number of carbonyl (C=O) groups is 1. The van der Waals surface area contributed by atoms with Gasteiger partial charge in [-0.05, 0) is 37.8 Å². The highest BCUT2D eigenvalue weighted by Gasteiger charge is 2.42. The Morgan fingerprint density at radius 2 is 2.36 bits per heavy atom. The summed E-state index contributed by atoms with van der Waals surface area (Å²) in [6.45, 7) is 3.09. The summed E-state index contributed by atoms with van der Waals surface area (Å²) in [7, 11) is 0. The molecule has 0 aromatic carbocycles. The van der Waals surface area contributed by atoms with Crippen molar-refractivity contribution in [3.05, 3.63) is 35.9 Å². The lowest BCUT2D eigenvalue weighted by Gasteiger charge is -2.33. The molecule has 4 heterocycles. The Balaban J connectivity index is 1.44. The largest absolute Gasteiger partial charge is 0.459 e. The van der Waals surface area contributed by atoms with Crippen molar-refractivity contribution in [2.24, 2.45) is 5.92 Å². The van der Waals surface area contributed by atoms with Crippen LogP contribution in [0.15, 0.2) is 27.3 Å². The molecule has 7 heteroatoms. The molecule has 2 saturated heterocycles. The quantitative estimate of drug-likeness (QED) is 0.843. The second-order valence-electron chi connectivity index (χ2n) is 5.86. The highest BCUT2D eigenvalue weighted by Crippen LogP contribution is 2.40. The first-order valence-electron chi connectivity index (χ1n) is 7.49. The minimum atomic E-state index is -0.158. The smallest absolute Gasteiger partial charge is 0.289 e. The number of piperidine rings is 1. The summed E-state index contributed by atoms with van der Waals surface area (Å²) < 4.78 is 16.4. The average molecular weight is 303 g/mol.